The number of carboxylic acids is 1. The van der Waals surface area contributed by atoms with Crippen molar-refractivity contribution in [2.45, 2.75) is 18.5 Å². The minimum absolute atomic E-state index is 0.0236. The lowest BCUT2D eigenvalue weighted by Gasteiger charge is -2.24. The van der Waals surface area contributed by atoms with Crippen molar-refractivity contribution in [3.05, 3.63) is 0 Å². The van der Waals surface area contributed by atoms with Crippen molar-refractivity contribution in [2.75, 3.05) is 19.7 Å². The van der Waals surface area contributed by atoms with E-state index in [-0.39, 0.29) is 32.0 Å². The molecule has 0 spiro atoms. The fourth-order valence-electron chi connectivity index (χ4n) is 1.41. The molecule has 2 atom stereocenters. The highest BCUT2D eigenvalue weighted by molar-refractivity contribution is 5.89. The Kier molecular flexibility index (Phi) is 4.85. The van der Waals surface area contributed by atoms with E-state index in [4.69, 9.17) is 10.2 Å². The number of carbonyl (C=O) groups excluding carboxylic acids is 2. The zero-order valence-electron chi connectivity index (χ0n) is 9.10. The first-order chi connectivity index (χ1) is 8.04. The molecule has 96 valence electrons. The van der Waals surface area contributed by atoms with Crippen LogP contribution in [0.4, 0.5) is 0 Å². The highest BCUT2D eigenvalue weighted by atomic mass is 16.4. The molecule has 0 saturated carbocycles. The fourth-order valence-corrected chi connectivity index (χ4v) is 1.41. The third-order valence-electron chi connectivity index (χ3n) is 2.36. The third kappa shape index (κ3) is 4.00. The number of piperazine rings is 1. The fraction of sp³-hybridized carbons (Fsp3) is 0.667. The van der Waals surface area contributed by atoms with Gasteiger partial charge in [0.25, 0.3) is 0 Å². The molecule has 0 aliphatic carbocycles. The number of aliphatic hydroxyl groups excluding tert-OH is 1. The molecule has 0 radical (unpaired) electrons. The van der Waals surface area contributed by atoms with Gasteiger partial charge in [-0.2, -0.15) is 0 Å². The Morgan fingerprint density at radius 3 is 2.71 bits per heavy atom. The van der Waals surface area contributed by atoms with Crippen LogP contribution in [0.15, 0.2) is 0 Å². The summed E-state index contributed by atoms with van der Waals surface area (Å²) < 4.78 is 0. The maximum absolute atomic E-state index is 11.6. The zero-order chi connectivity index (χ0) is 12.8. The van der Waals surface area contributed by atoms with E-state index in [2.05, 4.69) is 16.0 Å². The van der Waals surface area contributed by atoms with Crippen molar-refractivity contribution in [3.8, 4) is 0 Å². The smallest absolute Gasteiger partial charge is 0.326 e. The lowest BCUT2D eigenvalue weighted by Crippen LogP contribution is -2.59. The number of rotatable bonds is 5. The molecule has 0 aromatic rings. The molecular weight excluding hydrogens is 230 g/mol. The quantitative estimate of drug-likeness (QED) is 0.352. The van der Waals surface area contributed by atoms with Gasteiger partial charge in [-0.1, -0.05) is 0 Å². The van der Waals surface area contributed by atoms with Crippen molar-refractivity contribution in [1.29, 1.82) is 0 Å². The van der Waals surface area contributed by atoms with Gasteiger partial charge < -0.3 is 20.8 Å². The number of aliphatic carboxylic acids is 1. The van der Waals surface area contributed by atoms with E-state index < -0.39 is 24.0 Å². The summed E-state index contributed by atoms with van der Waals surface area (Å²) in [6.45, 7) is -0.183. The first-order valence-electron chi connectivity index (χ1n) is 5.18. The standard InChI is InChI=1S/C9H15N3O5/c13-2-1-5(9(16)17)12-8(15)6-3-11-7(14)4-10-6/h5-6,10,13H,1-4H2,(H,11,14)(H,12,15)(H,16,17)/t5-,6?/m0/s1. The first-order valence-corrected chi connectivity index (χ1v) is 5.18. The monoisotopic (exact) mass is 245 g/mol. The molecule has 0 aromatic heterocycles. The molecule has 1 heterocycles. The maximum atomic E-state index is 11.6. The van der Waals surface area contributed by atoms with Crippen LogP contribution in [0.25, 0.3) is 0 Å². The number of hydrogen-bond acceptors (Lipinski definition) is 5. The Morgan fingerprint density at radius 1 is 1.53 bits per heavy atom. The van der Waals surface area contributed by atoms with Gasteiger partial charge in [0.15, 0.2) is 0 Å². The molecule has 8 nitrogen and oxygen atoms in total. The predicted molar refractivity (Wildman–Crippen MR) is 56.1 cm³/mol. The van der Waals surface area contributed by atoms with Crippen molar-refractivity contribution in [2.24, 2.45) is 0 Å². The molecule has 1 saturated heterocycles. The number of carbonyl (C=O) groups is 3. The first kappa shape index (κ1) is 13.4. The summed E-state index contributed by atoms with van der Waals surface area (Å²) >= 11 is 0. The number of carboxylic acid groups (broad SMARTS) is 1. The van der Waals surface area contributed by atoms with Gasteiger partial charge in [-0.05, 0) is 0 Å². The summed E-state index contributed by atoms with van der Waals surface area (Å²) in [6.07, 6.45) is -0.0554. The maximum Gasteiger partial charge on any atom is 0.326 e. The molecule has 0 bridgehead atoms. The molecule has 8 heteroatoms. The van der Waals surface area contributed by atoms with E-state index in [0.717, 1.165) is 0 Å². The molecule has 5 N–H and O–H groups in total. The second kappa shape index (κ2) is 6.16. The van der Waals surface area contributed by atoms with Crippen LogP contribution < -0.4 is 16.0 Å². The summed E-state index contributed by atoms with van der Waals surface area (Å²) in [7, 11) is 0. The number of nitrogens with one attached hydrogen (secondary N) is 3. The molecule has 17 heavy (non-hydrogen) atoms. The van der Waals surface area contributed by atoms with Crippen molar-refractivity contribution >= 4 is 17.8 Å². The predicted octanol–water partition coefficient (Wildman–Crippen LogP) is -2.97. The van der Waals surface area contributed by atoms with Crippen molar-refractivity contribution < 1.29 is 24.6 Å². The molecular formula is C9H15N3O5. The van der Waals surface area contributed by atoms with Gasteiger partial charge in [-0.25, -0.2) is 4.79 Å². The normalized spacial score (nSPS) is 21.5. The van der Waals surface area contributed by atoms with Crippen LogP contribution in [0.5, 0.6) is 0 Å². The van der Waals surface area contributed by atoms with Gasteiger partial charge in [0.2, 0.25) is 11.8 Å². The summed E-state index contributed by atoms with van der Waals surface area (Å²) in [5, 5.41) is 24.9. The lowest BCUT2D eigenvalue weighted by molar-refractivity contribution is -0.142. The van der Waals surface area contributed by atoms with Gasteiger partial charge in [-0.3, -0.25) is 14.9 Å². The van der Waals surface area contributed by atoms with Gasteiger partial charge in [-0.15, -0.1) is 0 Å². The average molecular weight is 245 g/mol. The zero-order valence-corrected chi connectivity index (χ0v) is 9.10. The number of aliphatic hydroxyl groups is 1. The van der Waals surface area contributed by atoms with Crippen LogP contribution in [-0.2, 0) is 14.4 Å². The van der Waals surface area contributed by atoms with E-state index in [1.54, 1.807) is 0 Å². The highest BCUT2D eigenvalue weighted by Gasteiger charge is 2.27. The average Bonchev–Trinajstić information content (AvgIpc) is 2.29. The molecule has 0 aromatic carbocycles. The molecule has 1 aliphatic rings. The van der Waals surface area contributed by atoms with Crippen LogP contribution in [0, 0.1) is 0 Å². The van der Waals surface area contributed by atoms with E-state index in [9.17, 15) is 14.4 Å². The number of amides is 2. The van der Waals surface area contributed by atoms with Crippen LogP contribution in [0.3, 0.4) is 0 Å². The Balaban J connectivity index is 2.46. The molecule has 1 aliphatic heterocycles. The lowest BCUT2D eigenvalue weighted by atomic mass is 10.1. The van der Waals surface area contributed by atoms with Crippen molar-refractivity contribution in [3.63, 3.8) is 0 Å². The van der Waals surface area contributed by atoms with Crippen LogP contribution in [-0.4, -0.2) is 59.8 Å². The summed E-state index contributed by atoms with van der Waals surface area (Å²) in [5.74, 6) is -1.92. The van der Waals surface area contributed by atoms with Crippen LogP contribution >= 0.6 is 0 Å². The minimum atomic E-state index is -1.20. The Morgan fingerprint density at radius 2 is 2.24 bits per heavy atom. The Labute approximate surface area is 97.4 Å². The summed E-state index contributed by atoms with van der Waals surface area (Å²) in [4.78, 5) is 33.2. The van der Waals surface area contributed by atoms with Gasteiger partial charge in [0.05, 0.1) is 6.54 Å². The van der Waals surface area contributed by atoms with Crippen molar-refractivity contribution in [1.82, 2.24) is 16.0 Å². The second-order valence-electron chi connectivity index (χ2n) is 3.65. The highest BCUT2D eigenvalue weighted by Crippen LogP contribution is 1.95. The topological polar surface area (TPSA) is 128 Å². The summed E-state index contributed by atoms with van der Waals surface area (Å²) in [6, 6.07) is -1.76. The van der Waals surface area contributed by atoms with Crippen LogP contribution in [0.1, 0.15) is 6.42 Å². The van der Waals surface area contributed by atoms with Gasteiger partial charge in [0.1, 0.15) is 12.1 Å². The van der Waals surface area contributed by atoms with E-state index in [0.29, 0.717) is 0 Å². The van der Waals surface area contributed by atoms with Crippen LogP contribution in [0.2, 0.25) is 0 Å². The molecule has 1 unspecified atom stereocenters. The second-order valence-corrected chi connectivity index (χ2v) is 3.65. The van der Waals surface area contributed by atoms with E-state index in [1.807, 2.05) is 0 Å². The van der Waals surface area contributed by atoms with E-state index in [1.165, 1.54) is 0 Å². The van der Waals surface area contributed by atoms with E-state index >= 15 is 0 Å². The third-order valence-corrected chi connectivity index (χ3v) is 2.36. The minimum Gasteiger partial charge on any atom is -0.480 e. The SMILES string of the molecule is O=C1CNC(C(=O)N[C@@H](CCO)C(=O)O)CN1. The number of hydrogen-bond donors (Lipinski definition) is 5. The molecule has 2 amide bonds. The largest absolute Gasteiger partial charge is 0.480 e. The Hall–Kier alpha value is -1.67. The van der Waals surface area contributed by atoms with Gasteiger partial charge >= 0.3 is 5.97 Å². The molecule has 1 rings (SSSR count). The summed E-state index contributed by atoms with van der Waals surface area (Å²) in [5.41, 5.74) is 0. The molecule has 1 fully saturated rings. The Bertz CT molecular complexity index is 310. The van der Waals surface area contributed by atoms with Gasteiger partial charge in [0, 0.05) is 19.6 Å².